The van der Waals surface area contributed by atoms with Crippen LogP contribution in [0.4, 0.5) is 5.69 Å². The van der Waals surface area contributed by atoms with E-state index in [1.54, 1.807) is 22.7 Å². The number of benzene rings is 1. The number of nitrogens with zero attached hydrogens (tertiary/aromatic N) is 3. The number of amides is 2. The minimum absolute atomic E-state index is 0.173. The molecule has 0 saturated heterocycles. The largest absolute Gasteiger partial charge is 0.349 e. The van der Waals surface area contributed by atoms with Gasteiger partial charge in [-0.2, -0.15) is 0 Å². The van der Waals surface area contributed by atoms with E-state index in [2.05, 4.69) is 15.6 Å². The van der Waals surface area contributed by atoms with Crippen molar-refractivity contribution < 1.29 is 9.59 Å². The van der Waals surface area contributed by atoms with Crippen LogP contribution >= 0.6 is 0 Å². The maximum absolute atomic E-state index is 12.8. The first kappa shape index (κ1) is 19.6. The first-order valence-corrected chi connectivity index (χ1v) is 9.15. The van der Waals surface area contributed by atoms with Gasteiger partial charge in [0.25, 0.3) is 11.8 Å². The van der Waals surface area contributed by atoms with Crippen LogP contribution in [0.3, 0.4) is 0 Å². The molecule has 0 bridgehead atoms. The highest BCUT2D eigenvalue weighted by molar-refractivity contribution is 6.06. The number of hydrogen-bond donors (Lipinski definition) is 2. The molecule has 0 spiro atoms. The van der Waals surface area contributed by atoms with E-state index in [1.165, 1.54) is 0 Å². The van der Waals surface area contributed by atoms with E-state index in [1.807, 2.05) is 57.1 Å². The number of fused-ring (bicyclic) bond motifs is 1. The molecular formula is C21H25N5O2. The molecule has 0 atom stereocenters. The van der Waals surface area contributed by atoms with Crippen molar-refractivity contribution in [2.24, 2.45) is 0 Å². The summed E-state index contributed by atoms with van der Waals surface area (Å²) in [6.45, 7) is 5.23. The van der Waals surface area contributed by atoms with Crippen LogP contribution in [0, 0.1) is 13.8 Å². The molecule has 0 aliphatic rings. The van der Waals surface area contributed by atoms with Gasteiger partial charge in [-0.1, -0.05) is 12.1 Å². The zero-order valence-electron chi connectivity index (χ0n) is 16.6. The van der Waals surface area contributed by atoms with E-state index in [-0.39, 0.29) is 23.3 Å². The smallest absolute Gasteiger partial charge is 0.292 e. The zero-order valence-corrected chi connectivity index (χ0v) is 16.6. The van der Waals surface area contributed by atoms with Gasteiger partial charge in [-0.15, -0.1) is 0 Å². The third-order valence-electron chi connectivity index (χ3n) is 4.58. The average Bonchev–Trinajstić information content (AvgIpc) is 3.04. The number of carbonyl (C=O) groups is 2. The maximum Gasteiger partial charge on any atom is 0.292 e. The predicted molar refractivity (Wildman–Crippen MR) is 110 cm³/mol. The summed E-state index contributed by atoms with van der Waals surface area (Å²) in [6.07, 6.45) is 1.73. The second-order valence-electron chi connectivity index (χ2n) is 7.05. The van der Waals surface area contributed by atoms with Gasteiger partial charge in [0.1, 0.15) is 0 Å². The number of carbonyl (C=O) groups excluding carboxylic acids is 2. The van der Waals surface area contributed by atoms with Crippen molar-refractivity contribution in [3.63, 3.8) is 0 Å². The summed E-state index contributed by atoms with van der Waals surface area (Å²) in [5.41, 5.74) is 3.77. The fraction of sp³-hybridized carbons (Fsp3) is 0.286. The third kappa shape index (κ3) is 4.20. The number of anilines is 1. The summed E-state index contributed by atoms with van der Waals surface area (Å²) in [7, 11) is 3.88. The summed E-state index contributed by atoms with van der Waals surface area (Å²) in [5.74, 6) is -0.487. The Morgan fingerprint density at radius 3 is 2.57 bits per heavy atom. The van der Waals surface area contributed by atoms with Gasteiger partial charge in [-0.25, -0.2) is 4.98 Å². The Bertz CT molecular complexity index is 1020. The molecule has 0 fully saturated rings. The lowest BCUT2D eigenvalue weighted by Crippen LogP contribution is -2.31. The molecule has 2 N–H and O–H groups in total. The molecule has 0 aliphatic carbocycles. The van der Waals surface area contributed by atoms with Crippen molar-refractivity contribution in [3.8, 4) is 0 Å². The number of pyridine rings is 1. The van der Waals surface area contributed by atoms with Gasteiger partial charge in [0.05, 0.1) is 5.52 Å². The zero-order chi connectivity index (χ0) is 20.3. The average molecular weight is 379 g/mol. The Hall–Kier alpha value is -3.19. The third-order valence-corrected chi connectivity index (χ3v) is 4.58. The van der Waals surface area contributed by atoms with E-state index in [0.29, 0.717) is 17.7 Å². The molecule has 7 nitrogen and oxygen atoms in total. The topological polar surface area (TPSA) is 78.7 Å². The number of aromatic nitrogens is 2. The van der Waals surface area contributed by atoms with E-state index in [0.717, 1.165) is 17.7 Å². The van der Waals surface area contributed by atoms with Crippen molar-refractivity contribution in [1.29, 1.82) is 0 Å². The van der Waals surface area contributed by atoms with Crippen LogP contribution in [0.5, 0.6) is 0 Å². The Balaban J connectivity index is 1.87. The molecule has 146 valence electrons. The molecule has 2 amide bonds. The van der Waals surface area contributed by atoms with Gasteiger partial charge in [0, 0.05) is 25.0 Å². The van der Waals surface area contributed by atoms with Gasteiger partial charge in [-0.3, -0.25) is 14.0 Å². The molecule has 0 aliphatic heterocycles. The number of likely N-dealkylation sites (N-methyl/N-ethyl adjacent to an activating group) is 1. The number of rotatable bonds is 6. The van der Waals surface area contributed by atoms with E-state index >= 15 is 0 Å². The van der Waals surface area contributed by atoms with Gasteiger partial charge in [-0.05, 0) is 63.3 Å². The highest BCUT2D eigenvalue weighted by Gasteiger charge is 2.21. The number of hydrogen-bond acceptors (Lipinski definition) is 4. The van der Waals surface area contributed by atoms with Crippen LogP contribution in [-0.2, 0) is 0 Å². The normalized spacial score (nSPS) is 11.0. The van der Waals surface area contributed by atoms with Gasteiger partial charge in [0.15, 0.2) is 5.69 Å². The standard InChI is InChI=1S/C21H25N5O2/c1-14-8-9-16(13-15(14)2)23-21(28)19-24-18(17-7-5-6-11-26(17)19)20(27)22-10-12-25(3)4/h5-9,11,13H,10,12H2,1-4H3,(H,22,27)(H,23,28). The summed E-state index contributed by atoms with van der Waals surface area (Å²) >= 11 is 0. The lowest BCUT2D eigenvalue weighted by atomic mass is 10.1. The lowest BCUT2D eigenvalue weighted by Gasteiger charge is -2.09. The van der Waals surface area contributed by atoms with E-state index in [4.69, 9.17) is 0 Å². The molecule has 7 heteroatoms. The highest BCUT2D eigenvalue weighted by Crippen LogP contribution is 2.17. The fourth-order valence-electron chi connectivity index (χ4n) is 2.85. The summed E-state index contributed by atoms with van der Waals surface area (Å²) in [6, 6.07) is 11.1. The van der Waals surface area contributed by atoms with Crippen molar-refractivity contribution in [2.75, 3.05) is 32.5 Å². The van der Waals surface area contributed by atoms with Crippen molar-refractivity contribution in [3.05, 3.63) is 65.2 Å². The highest BCUT2D eigenvalue weighted by atomic mass is 16.2. The van der Waals surface area contributed by atoms with Crippen LogP contribution < -0.4 is 10.6 Å². The lowest BCUT2D eigenvalue weighted by molar-refractivity contribution is 0.0948. The molecule has 2 heterocycles. The van der Waals surface area contributed by atoms with E-state index in [9.17, 15) is 9.59 Å². The van der Waals surface area contributed by atoms with Crippen LogP contribution in [0.1, 0.15) is 32.2 Å². The summed E-state index contributed by atoms with van der Waals surface area (Å²) < 4.78 is 1.64. The van der Waals surface area contributed by atoms with Crippen LogP contribution in [0.2, 0.25) is 0 Å². The molecule has 3 rings (SSSR count). The Kier molecular flexibility index (Phi) is 5.75. The second-order valence-corrected chi connectivity index (χ2v) is 7.05. The molecule has 0 unspecified atom stereocenters. The Morgan fingerprint density at radius 2 is 1.86 bits per heavy atom. The molecule has 28 heavy (non-hydrogen) atoms. The first-order valence-electron chi connectivity index (χ1n) is 9.15. The van der Waals surface area contributed by atoms with Crippen LogP contribution in [0.25, 0.3) is 5.52 Å². The minimum Gasteiger partial charge on any atom is -0.349 e. The predicted octanol–water partition coefficient (Wildman–Crippen LogP) is 2.49. The fourth-order valence-corrected chi connectivity index (χ4v) is 2.85. The molecule has 2 aromatic heterocycles. The van der Waals surface area contributed by atoms with E-state index < -0.39 is 0 Å². The van der Waals surface area contributed by atoms with Crippen molar-refractivity contribution in [2.45, 2.75) is 13.8 Å². The van der Waals surface area contributed by atoms with Crippen LogP contribution in [-0.4, -0.2) is 53.3 Å². The maximum atomic E-state index is 12.8. The molecule has 0 radical (unpaired) electrons. The van der Waals surface area contributed by atoms with Crippen molar-refractivity contribution in [1.82, 2.24) is 19.6 Å². The molecule has 3 aromatic rings. The number of aryl methyl sites for hydroxylation is 2. The molecule has 1 aromatic carbocycles. The summed E-state index contributed by atoms with van der Waals surface area (Å²) in [4.78, 5) is 31.7. The SMILES string of the molecule is Cc1ccc(NC(=O)c2nc(C(=O)NCCN(C)C)c3ccccn23)cc1C. The Labute approximate surface area is 164 Å². The molecule has 0 saturated carbocycles. The number of imidazole rings is 1. The Morgan fingerprint density at radius 1 is 1.07 bits per heavy atom. The van der Waals surface area contributed by atoms with Gasteiger partial charge in [0.2, 0.25) is 5.82 Å². The molecular weight excluding hydrogens is 354 g/mol. The monoisotopic (exact) mass is 379 g/mol. The first-order chi connectivity index (χ1) is 13.4. The minimum atomic E-state index is -0.364. The van der Waals surface area contributed by atoms with Gasteiger partial charge < -0.3 is 15.5 Å². The second kappa shape index (κ2) is 8.22. The van der Waals surface area contributed by atoms with Crippen molar-refractivity contribution >= 4 is 23.0 Å². The quantitative estimate of drug-likeness (QED) is 0.690. The summed E-state index contributed by atoms with van der Waals surface area (Å²) in [5, 5.41) is 5.72. The number of nitrogens with one attached hydrogen (secondary N) is 2. The van der Waals surface area contributed by atoms with Crippen LogP contribution in [0.15, 0.2) is 42.6 Å². The van der Waals surface area contributed by atoms with Gasteiger partial charge >= 0.3 is 0 Å².